The molecule has 0 saturated heterocycles. The molecule has 0 spiro atoms. The maximum Gasteiger partial charge on any atom is 0.325 e. The Hall–Kier alpha value is -3.43. The molecule has 158 valence electrons. The minimum atomic E-state index is -0.463. The molecule has 2 heterocycles. The Balaban J connectivity index is 1.41. The number of fused-ring (bicyclic) bond motifs is 1. The number of urea groups is 1. The first-order valence-corrected chi connectivity index (χ1v) is 10.5. The van der Waals surface area contributed by atoms with Crippen LogP contribution in [-0.4, -0.2) is 26.7 Å². The summed E-state index contributed by atoms with van der Waals surface area (Å²) in [5, 5.41) is 14.4. The van der Waals surface area contributed by atoms with Crippen molar-refractivity contribution < 1.29 is 9.59 Å². The molecule has 0 radical (unpaired) electrons. The number of para-hydroxylation sites is 1. The van der Waals surface area contributed by atoms with Crippen molar-refractivity contribution >= 4 is 62.3 Å². The van der Waals surface area contributed by atoms with Gasteiger partial charge in [0.2, 0.25) is 0 Å². The summed E-state index contributed by atoms with van der Waals surface area (Å²) in [4.78, 5) is 29.3. The Kier molecular flexibility index (Phi) is 5.62. The number of aryl methyl sites for hydroxylation is 3. The van der Waals surface area contributed by atoms with Gasteiger partial charge in [0, 0.05) is 23.8 Å². The first-order chi connectivity index (χ1) is 14.8. The summed E-state index contributed by atoms with van der Waals surface area (Å²) < 4.78 is 1.79. The van der Waals surface area contributed by atoms with E-state index in [2.05, 4.69) is 26.0 Å². The molecule has 8 nitrogen and oxygen atoms in total. The van der Waals surface area contributed by atoms with Crippen molar-refractivity contribution in [1.29, 1.82) is 0 Å². The predicted octanol–water partition coefficient (Wildman–Crippen LogP) is 5.20. The van der Waals surface area contributed by atoms with E-state index >= 15 is 0 Å². The summed E-state index contributed by atoms with van der Waals surface area (Å²) >= 11 is 7.23. The summed E-state index contributed by atoms with van der Waals surface area (Å²) in [6, 6.07) is 10.4. The van der Waals surface area contributed by atoms with Gasteiger partial charge in [0.15, 0.2) is 5.13 Å². The van der Waals surface area contributed by atoms with E-state index in [1.807, 2.05) is 45.2 Å². The van der Waals surface area contributed by atoms with E-state index in [1.165, 1.54) is 6.20 Å². The number of nitrogens with one attached hydrogen (secondary N) is 3. The third kappa shape index (κ3) is 4.37. The number of carbonyl (C=O) groups excluding carboxylic acids is 2. The van der Waals surface area contributed by atoms with Gasteiger partial charge in [-0.2, -0.15) is 5.10 Å². The third-order valence-corrected chi connectivity index (χ3v) is 6.03. The Morgan fingerprint density at radius 3 is 2.68 bits per heavy atom. The van der Waals surface area contributed by atoms with Crippen molar-refractivity contribution in [2.45, 2.75) is 13.8 Å². The van der Waals surface area contributed by atoms with Gasteiger partial charge in [-0.15, -0.1) is 0 Å². The van der Waals surface area contributed by atoms with Crippen molar-refractivity contribution in [1.82, 2.24) is 14.8 Å². The van der Waals surface area contributed by atoms with Crippen molar-refractivity contribution in [3.8, 4) is 0 Å². The Bertz CT molecular complexity index is 1290. The number of rotatable bonds is 4. The van der Waals surface area contributed by atoms with Crippen LogP contribution in [0, 0.1) is 13.8 Å². The average Bonchev–Trinajstić information content (AvgIpc) is 3.29. The van der Waals surface area contributed by atoms with Crippen molar-refractivity contribution in [2.24, 2.45) is 7.05 Å². The smallest absolute Gasteiger partial charge is 0.320 e. The van der Waals surface area contributed by atoms with E-state index in [0.717, 1.165) is 33.5 Å². The number of amides is 3. The monoisotopic (exact) mass is 454 g/mol. The Morgan fingerprint density at radius 2 is 1.90 bits per heavy atom. The fraction of sp³-hybridized carbons (Fsp3) is 0.143. The van der Waals surface area contributed by atoms with Gasteiger partial charge in [0.25, 0.3) is 5.91 Å². The quantitative estimate of drug-likeness (QED) is 0.394. The lowest BCUT2D eigenvalue weighted by Crippen LogP contribution is -2.19. The van der Waals surface area contributed by atoms with Gasteiger partial charge in [-0.05, 0) is 43.7 Å². The van der Waals surface area contributed by atoms with Crippen LogP contribution in [0.25, 0.3) is 10.9 Å². The number of anilines is 3. The minimum absolute atomic E-state index is 0.299. The van der Waals surface area contributed by atoms with E-state index < -0.39 is 6.03 Å². The molecule has 0 unspecified atom stereocenters. The zero-order valence-electron chi connectivity index (χ0n) is 17.0. The number of thiazole rings is 1. The summed E-state index contributed by atoms with van der Waals surface area (Å²) in [6.07, 6.45) is 1.41. The molecule has 0 fully saturated rings. The highest BCUT2D eigenvalue weighted by Gasteiger charge is 2.15. The molecule has 0 atom stereocenters. The van der Waals surface area contributed by atoms with Crippen LogP contribution in [-0.2, 0) is 7.05 Å². The topological polar surface area (TPSA) is 101 Å². The van der Waals surface area contributed by atoms with Crippen molar-refractivity contribution in [2.75, 3.05) is 16.0 Å². The SMILES string of the molecule is Cc1cccc(Cl)c1NC(=O)c1cnc(NC(=O)Nc2ccc3c(C)n(C)nc3c2)s1. The number of benzene rings is 2. The number of nitrogens with zero attached hydrogens (tertiary/aromatic N) is 3. The van der Waals surface area contributed by atoms with Crippen LogP contribution in [0.2, 0.25) is 5.02 Å². The number of hydrogen-bond donors (Lipinski definition) is 3. The van der Waals surface area contributed by atoms with E-state index in [-0.39, 0.29) is 5.91 Å². The molecule has 3 N–H and O–H groups in total. The van der Waals surface area contributed by atoms with Crippen LogP contribution in [0.1, 0.15) is 20.9 Å². The number of hydrogen-bond acceptors (Lipinski definition) is 5. The summed E-state index contributed by atoms with van der Waals surface area (Å²) in [5.74, 6) is -0.349. The molecule has 0 saturated carbocycles. The third-order valence-electron chi connectivity index (χ3n) is 4.80. The number of carbonyl (C=O) groups is 2. The lowest BCUT2D eigenvalue weighted by molar-refractivity contribution is 0.103. The van der Waals surface area contributed by atoms with Crippen LogP contribution in [0.4, 0.5) is 21.3 Å². The molecule has 31 heavy (non-hydrogen) atoms. The molecular formula is C21H19ClN6O2S. The second-order valence-electron chi connectivity index (χ2n) is 6.94. The van der Waals surface area contributed by atoms with E-state index in [9.17, 15) is 9.59 Å². The lowest BCUT2D eigenvalue weighted by Gasteiger charge is -2.08. The van der Waals surface area contributed by atoms with E-state index in [4.69, 9.17) is 11.6 Å². The summed E-state index contributed by atoms with van der Waals surface area (Å²) in [5.41, 5.74) is 3.84. The van der Waals surface area contributed by atoms with Crippen LogP contribution < -0.4 is 16.0 Å². The van der Waals surface area contributed by atoms with Gasteiger partial charge >= 0.3 is 6.03 Å². The number of halogens is 1. The zero-order valence-corrected chi connectivity index (χ0v) is 18.6. The second kappa shape index (κ2) is 8.37. The van der Waals surface area contributed by atoms with Crippen LogP contribution in [0.3, 0.4) is 0 Å². The molecule has 10 heteroatoms. The minimum Gasteiger partial charge on any atom is -0.320 e. The second-order valence-corrected chi connectivity index (χ2v) is 8.37. The lowest BCUT2D eigenvalue weighted by atomic mass is 10.2. The maximum absolute atomic E-state index is 12.5. The Labute approximate surface area is 187 Å². The molecule has 3 amide bonds. The molecule has 2 aromatic carbocycles. The molecular weight excluding hydrogens is 436 g/mol. The normalized spacial score (nSPS) is 10.8. The standard InChI is InChI=1S/C21H19ClN6O2S/c1-11-5-4-6-15(22)18(11)25-19(29)17-10-23-21(31-17)26-20(30)24-13-7-8-14-12(2)28(3)27-16(14)9-13/h4-10H,1-3H3,(H,25,29)(H2,23,24,26,30). The summed E-state index contributed by atoms with van der Waals surface area (Å²) in [7, 11) is 1.87. The van der Waals surface area contributed by atoms with Gasteiger partial charge in [-0.1, -0.05) is 35.1 Å². The molecule has 4 aromatic rings. The molecule has 0 aliphatic rings. The fourth-order valence-electron chi connectivity index (χ4n) is 3.07. The highest BCUT2D eigenvalue weighted by molar-refractivity contribution is 7.17. The number of aromatic nitrogens is 3. The van der Waals surface area contributed by atoms with Gasteiger partial charge in [-0.25, -0.2) is 9.78 Å². The van der Waals surface area contributed by atoms with Gasteiger partial charge < -0.3 is 10.6 Å². The van der Waals surface area contributed by atoms with Crippen molar-refractivity contribution in [3.05, 3.63) is 63.8 Å². The van der Waals surface area contributed by atoms with Crippen LogP contribution >= 0.6 is 22.9 Å². The first kappa shape index (κ1) is 20.8. The largest absolute Gasteiger partial charge is 0.325 e. The van der Waals surface area contributed by atoms with Gasteiger partial charge in [0.1, 0.15) is 4.88 Å². The van der Waals surface area contributed by atoms with Crippen LogP contribution in [0.5, 0.6) is 0 Å². The maximum atomic E-state index is 12.5. The van der Waals surface area contributed by atoms with E-state index in [1.54, 1.807) is 16.8 Å². The Morgan fingerprint density at radius 1 is 1.10 bits per heavy atom. The summed E-state index contributed by atoms with van der Waals surface area (Å²) in [6.45, 7) is 3.84. The van der Waals surface area contributed by atoms with Gasteiger partial charge in [-0.3, -0.25) is 14.8 Å². The average molecular weight is 455 g/mol. The molecule has 4 rings (SSSR count). The highest BCUT2D eigenvalue weighted by atomic mass is 35.5. The molecule has 0 aliphatic carbocycles. The molecule has 0 aliphatic heterocycles. The zero-order chi connectivity index (χ0) is 22.1. The molecule has 0 bridgehead atoms. The first-order valence-electron chi connectivity index (χ1n) is 9.35. The van der Waals surface area contributed by atoms with Crippen molar-refractivity contribution in [3.63, 3.8) is 0 Å². The highest BCUT2D eigenvalue weighted by Crippen LogP contribution is 2.27. The van der Waals surface area contributed by atoms with Crippen LogP contribution in [0.15, 0.2) is 42.6 Å². The fourth-order valence-corrected chi connectivity index (χ4v) is 4.05. The van der Waals surface area contributed by atoms with Gasteiger partial charge in [0.05, 0.1) is 22.4 Å². The predicted molar refractivity (Wildman–Crippen MR) is 124 cm³/mol. The molecule has 2 aromatic heterocycles. The van der Waals surface area contributed by atoms with E-state index in [0.29, 0.717) is 26.4 Å².